The molecule has 0 radical (unpaired) electrons. The van der Waals surface area contributed by atoms with E-state index in [2.05, 4.69) is 9.72 Å². The van der Waals surface area contributed by atoms with Crippen LogP contribution in [0.1, 0.15) is 5.69 Å². The Balaban J connectivity index is 3.19. The zero-order valence-electron chi connectivity index (χ0n) is 7.78. The Labute approximate surface area is 86.4 Å². The third-order valence-corrected chi connectivity index (χ3v) is 1.54. The molecule has 1 aromatic heterocycles. The highest BCUT2D eigenvalue weighted by Gasteiger charge is 2.33. The van der Waals surface area contributed by atoms with E-state index in [-0.39, 0.29) is 5.69 Å². The summed E-state index contributed by atoms with van der Waals surface area (Å²) in [5, 5.41) is 19.5. The summed E-state index contributed by atoms with van der Waals surface area (Å²) in [6, 6.07) is 0.399. The second-order valence-corrected chi connectivity index (χ2v) is 2.72. The molecule has 16 heavy (non-hydrogen) atoms. The van der Waals surface area contributed by atoms with Crippen molar-refractivity contribution in [2.45, 2.75) is 13.3 Å². The van der Waals surface area contributed by atoms with Gasteiger partial charge in [0.2, 0.25) is 11.6 Å². The zero-order valence-corrected chi connectivity index (χ0v) is 7.78. The molecular weight excluding hydrogens is 233 g/mol. The third-order valence-electron chi connectivity index (χ3n) is 1.54. The molecule has 0 aliphatic carbocycles. The fourth-order valence-electron chi connectivity index (χ4n) is 0.931. The number of nitrogens with zero attached hydrogens (tertiary/aromatic N) is 2. The van der Waals surface area contributed by atoms with Crippen molar-refractivity contribution < 1.29 is 27.9 Å². The van der Waals surface area contributed by atoms with Gasteiger partial charge < -0.3 is 9.84 Å². The van der Waals surface area contributed by atoms with E-state index in [0.717, 1.165) is 6.92 Å². The van der Waals surface area contributed by atoms with Gasteiger partial charge in [0, 0.05) is 0 Å². The van der Waals surface area contributed by atoms with Crippen LogP contribution in [0.5, 0.6) is 11.6 Å². The van der Waals surface area contributed by atoms with Crippen molar-refractivity contribution in [3.63, 3.8) is 0 Å². The number of hydrogen-bond donors (Lipinski definition) is 1. The number of ether oxygens (including phenoxy) is 1. The maximum atomic E-state index is 11.8. The number of aromatic nitrogens is 1. The molecule has 1 heterocycles. The molecule has 6 nitrogen and oxygen atoms in total. The van der Waals surface area contributed by atoms with Crippen molar-refractivity contribution in [2.75, 3.05) is 0 Å². The van der Waals surface area contributed by atoms with Gasteiger partial charge in [-0.05, 0) is 6.92 Å². The van der Waals surface area contributed by atoms with E-state index >= 15 is 0 Å². The maximum absolute atomic E-state index is 11.8. The largest absolute Gasteiger partial charge is 0.574 e. The molecule has 9 heteroatoms. The van der Waals surface area contributed by atoms with Gasteiger partial charge >= 0.3 is 12.0 Å². The Kier molecular flexibility index (Phi) is 2.88. The van der Waals surface area contributed by atoms with Crippen molar-refractivity contribution >= 4 is 5.69 Å². The van der Waals surface area contributed by atoms with Crippen LogP contribution >= 0.6 is 0 Å². The number of nitro groups is 1. The standard InChI is InChI=1S/C7H5F3N2O4/c1-3-6(13)4(12(14)15)2-5(11-3)16-7(8,9)10/h2,13H,1H3. The Morgan fingerprint density at radius 3 is 2.56 bits per heavy atom. The summed E-state index contributed by atoms with van der Waals surface area (Å²) < 4.78 is 38.8. The van der Waals surface area contributed by atoms with Crippen molar-refractivity contribution in [1.29, 1.82) is 0 Å². The lowest BCUT2D eigenvalue weighted by Crippen LogP contribution is -2.18. The molecule has 1 rings (SSSR count). The maximum Gasteiger partial charge on any atom is 0.574 e. The first-order valence-electron chi connectivity index (χ1n) is 3.81. The first-order valence-corrected chi connectivity index (χ1v) is 3.81. The van der Waals surface area contributed by atoms with E-state index in [1.165, 1.54) is 0 Å². The molecule has 88 valence electrons. The predicted octanol–water partition coefficient (Wildman–Crippen LogP) is 1.90. The lowest BCUT2D eigenvalue weighted by atomic mass is 10.3. The number of aromatic hydroxyl groups is 1. The average molecular weight is 238 g/mol. The fourth-order valence-corrected chi connectivity index (χ4v) is 0.931. The molecule has 0 bridgehead atoms. The van der Waals surface area contributed by atoms with Crippen LogP contribution in [0.2, 0.25) is 0 Å². The molecule has 0 saturated heterocycles. The van der Waals surface area contributed by atoms with E-state index in [1.807, 2.05) is 0 Å². The molecule has 0 fully saturated rings. The summed E-state index contributed by atoms with van der Waals surface area (Å²) in [6.45, 7) is 1.12. The quantitative estimate of drug-likeness (QED) is 0.628. The van der Waals surface area contributed by atoms with Crippen LogP contribution < -0.4 is 4.74 Å². The van der Waals surface area contributed by atoms with E-state index in [9.17, 15) is 23.3 Å². The SMILES string of the molecule is Cc1nc(OC(F)(F)F)cc([N+](=O)[O-])c1O. The molecule has 0 amide bonds. The second kappa shape index (κ2) is 3.83. The lowest BCUT2D eigenvalue weighted by molar-refractivity contribution is -0.386. The molecule has 0 spiro atoms. The molecule has 1 N–H and O–H groups in total. The molecule has 0 saturated carbocycles. The highest BCUT2D eigenvalue weighted by atomic mass is 19.4. The fraction of sp³-hybridized carbons (Fsp3) is 0.286. The van der Waals surface area contributed by atoms with Gasteiger partial charge in [0.25, 0.3) is 0 Å². The molecule has 0 aliphatic heterocycles. The van der Waals surface area contributed by atoms with Crippen LogP contribution in [0.3, 0.4) is 0 Å². The third kappa shape index (κ3) is 2.72. The van der Waals surface area contributed by atoms with Gasteiger partial charge in [0.15, 0.2) is 0 Å². The van der Waals surface area contributed by atoms with Crippen LogP contribution in [0.25, 0.3) is 0 Å². The van der Waals surface area contributed by atoms with Gasteiger partial charge in [0.05, 0.1) is 16.7 Å². The summed E-state index contributed by atoms with van der Waals surface area (Å²) in [7, 11) is 0. The molecular formula is C7H5F3N2O4. The number of aryl methyl sites for hydroxylation is 1. The predicted molar refractivity (Wildman–Crippen MR) is 44.0 cm³/mol. The van der Waals surface area contributed by atoms with Gasteiger partial charge in [-0.2, -0.15) is 0 Å². The number of halogens is 3. The first kappa shape index (κ1) is 12.0. The van der Waals surface area contributed by atoms with Crippen molar-refractivity contribution in [1.82, 2.24) is 4.98 Å². The number of pyridine rings is 1. The topological polar surface area (TPSA) is 85.5 Å². The zero-order chi connectivity index (χ0) is 12.5. The summed E-state index contributed by atoms with van der Waals surface area (Å²) >= 11 is 0. The first-order chi connectivity index (χ1) is 7.20. The van der Waals surface area contributed by atoms with Gasteiger partial charge in [-0.1, -0.05) is 0 Å². The Bertz CT molecular complexity index is 432. The molecule has 0 unspecified atom stereocenters. The molecule has 0 aliphatic rings. The Morgan fingerprint density at radius 1 is 1.56 bits per heavy atom. The van der Waals surface area contributed by atoms with Crippen LogP contribution in [-0.2, 0) is 0 Å². The minimum Gasteiger partial charge on any atom is -0.501 e. The van der Waals surface area contributed by atoms with E-state index < -0.39 is 28.6 Å². The number of alkyl halides is 3. The monoisotopic (exact) mass is 238 g/mol. The van der Waals surface area contributed by atoms with Gasteiger partial charge in [0.1, 0.15) is 0 Å². The van der Waals surface area contributed by atoms with Gasteiger partial charge in [-0.15, -0.1) is 13.2 Å². The van der Waals surface area contributed by atoms with Crippen LogP contribution in [0, 0.1) is 17.0 Å². The van der Waals surface area contributed by atoms with E-state index in [1.54, 1.807) is 0 Å². The minimum atomic E-state index is -5.00. The highest BCUT2D eigenvalue weighted by molar-refractivity contribution is 5.50. The normalized spacial score (nSPS) is 11.2. The van der Waals surface area contributed by atoms with Gasteiger partial charge in [-0.3, -0.25) is 10.1 Å². The lowest BCUT2D eigenvalue weighted by Gasteiger charge is -2.08. The summed E-state index contributed by atoms with van der Waals surface area (Å²) in [5.74, 6) is -1.78. The Hall–Kier alpha value is -2.06. The van der Waals surface area contributed by atoms with E-state index in [4.69, 9.17) is 5.11 Å². The molecule has 0 atom stereocenters. The van der Waals surface area contributed by atoms with Crippen molar-refractivity contribution in [2.24, 2.45) is 0 Å². The van der Waals surface area contributed by atoms with Crippen LogP contribution in [-0.4, -0.2) is 21.4 Å². The summed E-state index contributed by atoms with van der Waals surface area (Å²) in [6.07, 6.45) is -5.00. The van der Waals surface area contributed by atoms with Crippen LogP contribution in [0.4, 0.5) is 18.9 Å². The molecule has 1 aromatic rings. The van der Waals surface area contributed by atoms with E-state index in [0.29, 0.717) is 6.07 Å². The minimum absolute atomic E-state index is 0.326. The smallest absolute Gasteiger partial charge is 0.501 e. The Morgan fingerprint density at radius 2 is 2.12 bits per heavy atom. The van der Waals surface area contributed by atoms with Crippen LogP contribution in [0.15, 0.2) is 6.07 Å². The van der Waals surface area contributed by atoms with Crippen molar-refractivity contribution in [3.05, 3.63) is 21.9 Å². The summed E-state index contributed by atoms with van der Waals surface area (Å²) in [4.78, 5) is 12.5. The number of rotatable bonds is 2. The van der Waals surface area contributed by atoms with Gasteiger partial charge in [-0.25, -0.2) is 4.98 Å². The highest BCUT2D eigenvalue weighted by Crippen LogP contribution is 2.33. The number of hydrogen-bond acceptors (Lipinski definition) is 5. The second-order valence-electron chi connectivity index (χ2n) is 2.72. The molecule has 0 aromatic carbocycles. The average Bonchev–Trinajstić information content (AvgIpc) is 2.07. The summed E-state index contributed by atoms with van der Waals surface area (Å²) in [5.41, 5.74) is -1.22. The van der Waals surface area contributed by atoms with Crippen molar-refractivity contribution in [3.8, 4) is 11.6 Å².